The predicted octanol–water partition coefficient (Wildman–Crippen LogP) is 2.26. The van der Waals surface area contributed by atoms with Gasteiger partial charge in [-0.2, -0.15) is 0 Å². The first-order chi connectivity index (χ1) is 9.22. The molecule has 2 aliphatic rings. The van der Waals surface area contributed by atoms with E-state index in [1.165, 1.54) is 0 Å². The van der Waals surface area contributed by atoms with Crippen LogP contribution in [0.25, 0.3) is 0 Å². The molecule has 0 aromatic heterocycles. The average molecular weight is 283 g/mol. The molecule has 19 heavy (non-hydrogen) atoms. The molecule has 3 rings (SSSR count). The molecule has 1 aromatic carbocycles. The molecule has 1 amide bonds. The van der Waals surface area contributed by atoms with Gasteiger partial charge in [0, 0.05) is 19.2 Å². The molecule has 1 unspecified atom stereocenters. The van der Waals surface area contributed by atoms with E-state index in [0.29, 0.717) is 16.5 Å². The van der Waals surface area contributed by atoms with Gasteiger partial charge >= 0.3 is 0 Å². The second-order valence-corrected chi connectivity index (χ2v) is 5.09. The Labute approximate surface area is 116 Å². The average Bonchev–Trinajstić information content (AvgIpc) is 2.89. The summed E-state index contributed by atoms with van der Waals surface area (Å²) in [7, 11) is 0. The first kappa shape index (κ1) is 12.6. The van der Waals surface area contributed by atoms with Crippen molar-refractivity contribution in [3.8, 4) is 5.75 Å². The molecule has 1 saturated heterocycles. The molecule has 0 saturated carbocycles. The first-order valence-electron chi connectivity index (χ1n) is 6.34. The lowest BCUT2D eigenvalue weighted by Crippen LogP contribution is -2.25. The van der Waals surface area contributed by atoms with Crippen molar-refractivity contribution in [2.24, 2.45) is 0 Å². The molecule has 5 nitrogen and oxygen atoms in total. The quantitative estimate of drug-likeness (QED) is 0.893. The second-order valence-electron chi connectivity index (χ2n) is 4.68. The third-order valence-electron chi connectivity index (χ3n) is 3.25. The minimum Gasteiger partial charge on any atom is -0.482 e. The molecular formula is C13H15ClN2O3. The van der Waals surface area contributed by atoms with Gasteiger partial charge in [-0.05, 0) is 18.9 Å². The molecule has 6 heteroatoms. The molecular weight excluding hydrogens is 268 g/mol. The third kappa shape index (κ3) is 2.77. The molecule has 0 spiro atoms. The Morgan fingerprint density at radius 3 is 3.16 bits per heavy atom. The van der Waals surface area contributed by atoms with Crippen LogP contribution in [-0.4, -0.2) is 31.8 Å². The van der Waals surface area contributed by atoms with Gasteiger partial charge in [0.15, 0.2) is 6.61 Å². The lowest BCUT2D eigenvalue weighted by Gasteiger charge is -2.20. The molecule has 2 aliphatic heterocycles. The van der Waals surface area contributed by atoms with Crippen LogP contribution in [0.4, 0.5) is 11.4 Å². The van der Waals surface area contributed by atoms with Crippen molar-refractivity contribution in [1.82, 2.24) is 0 Å². The zero-order valence-electron chi connectivity index (χ0n) is 10.4. The van der Waals surface area contributed by atoms with E-state index in [2.05, 4.69) is 10.6 Å². The van der Waals surface area contributed by atoms with Crippen LogP contribution in [-0.2, 0) is 9.53 Å². The Hall–Kier alpha value is -1.46. The molecule has 0 radical (unpaired) electrons. The van der Waals surface area contributed by atoms with E-state index in [-0.39, 0.29) is 18.6 Å². The zero-order chi connectivity index (χ0) is 13.2. The Morgan fingerprint density at radius 1 is 1.47 bits per heavy atom. The first-order valence-corrected chi connectivity index (χ1v) is 6.72. The van der Waals surface area contributed by atoms with Crippen LogP contribution < -0.4 is 15.4 Å². The van der Waals surface area contributed by atoms with Gasteiger partial charge in [-0.3, -0.25) is 4.79 Å². The second kappa shape index (κ2) is 5.27. The maximum absolute atomic E-state index is 11.2. The van der Waals surface area contributed by atoms with Crippen molar-refractivity contribution in [2.45, 2.75) is 18.9 Å². The van der Waals surface area contributed by atoms with E-state index in [9.17, 15) is 4.79 Å². The smallest absolute Gasteiger partial charge is 0.262 e. The van der Waals surface area contributed by atoms with Gasteiger partial charge in [0.25, 0.3) is 5.91 Å². The number of nitrogens with one attached hydrogen (secondary N) is 2. The number of carbonyl (C=O) groups excluding carboxylic acids is 1. The number of benzene rings is 1. The summed E-state index contributed by atoms with van der Waals surface area (Å²) in [5, 5.41) is 6.55. The molecule has 0 bridgehead atoms. The third-order valence-corrected chi connectivity index (χ3v) is 3.56. The fourth-order valence-electron chi connectivity index (χ4n) is 2.26. The number of fused-ring (bicyclic) bond motifs is 1. The molecule has 1 aromatic rings. The number of ether oxygens (including phenoxy) is 2. The van der Waals surface area contributed by atoms with Gasteiger partial charge < -0.3 is 20.1 Å². The van der Waals surface area contributed by atoms with Crippen LogP contribution in [0.5, 0.6) is 5.75 Å². The van der Waals surface area contributed by atoms with Crippen molar-refractivity contribution in [2.75, 3.05) is 30.4 Å². The number of rotatable bonds is 3. The van der Waals surface area contributed by atoms with Crippen LogP contribution >= 0.6 is 11.6 Å². The van der Waals surface area contributed by atoms with Crippen LogP contribution in [0.1, 0.15) is 12.8 Å². The number of carbonyl (C=O) groups is 1. The maximum Gasteiger partial charge on any atom is 0.262 e. The van der Waals surface area contributed by atoms with Crippen LogP contribution in [0.3, 0.4) is 0 Å². The van der Waals surface area contributed by atoms with Gasteiger partial charge in [0.05, 0.1) is 22.5 Å². The van der Waals surface area contributed by atoms with E-state index in [4.69, 9.17) is 21.1 Å². The van der Waals surface area contributed by atoms with Gasteiger partial charge in [-0.25, -0.2) is 0 Å². The highest BCUT2D eigenvalue weighted by Crippen LogP contribution is 2.36. The van der Waals surface area contributed by atoms with Crippen molar-refractivity contribution >= 4 is 28.9 Å². The fourth-order valence-corrected chi connectivity index (χ4v) is 2.50. The van der Waals surface area contributed by atoms with Crippen molar-refractivity contribution < 1.29 is 14.3 Å². The fraction of sp³-hybridized carbons (Fsp3) is 0.462. The van der Waals surface area contributed by atoms with Crippen molar-refractivity contribution in [3.63, 3.8) is 0 Å². The number of hydrogen-bond donors (Lipinski definition) is 2. The van der Waals surface area contributed by atoms with Crippen LogP contribution in [0.2, 0.25) is 5.02 Å². The summed E-state index contributed by atoms with van der Waals surface area (Å²) in [4.78, 5) is 11.2. The number of amides is 1. The Bertz CT molecular complexity index is 501. The lowest BCUT2D eigenvalue weighted by atomic mass is 10.2. The minimum absolute atomic E-state index is 0.0415. The summed E-state index contributed by atoms with van der Waals surface area (Å²) in [5.74, 6) is 0.475. The normalized spacial score (nSPS) is 21.5. The molecule has 1 atom stereocenters. The summed E-state index contributed by atoms with van der Waals surface area (Å²) >= 11 is 6.18. The monoisotopic (exact) mass is 282 g/mol. The number of halogens is 1. The zero-order valence-corrected chi connectivity index (χ0v) is 11.1. The van der Waals surface area contributed by atoms with Gasteiger partial charge in [0.1, 0.15) is 5.75 Å². The SMILES string of the molecule is O=C1COc2cc(NCC3CCCO3)c(Cl)cc2N1. The summed E-state index contributed by atoms with van der Waals surface area (Å²) in [6.07, 6.45) is 2.43. The van der Waals surface area contributed by atoms with E-state index in [1.807, 2.05) is 6.07 Å². The van der Waals surface area contributed by atoms with Gasteiger partial charge in [-0.15, -0.1) is 0 Å². The molecule has 0 aliphatic carbocycles. The Kier molecular flexibility index (Phi) is 3.48. The maximum atomic E-state index is 11.2. The minimum atomic E-state index is -0.163. The highest BCUT2D eigenvalue weighted by Gasteiger charge is 2.19. The van der Waals surface area contributed by atoms with Crippen molar-refractivity contribution in [1.29, 1.82) is 0 Å². The van der Waals surface area contributed by atoms with E-state index in [0.717, 1.165) is 31.7 Å². The summed E-state index contributed by atoms with van der Waals surface area (Å²) in [6.45, 7) is 1.60. The number of anilines is 2. The largest absolute Gasteiger partial charge is 0.482 e. The van der Waals surface area contributed by atoms with Crippen LogP contribution in [0.15, 0.2) is 12.1 Å². The van der Waals surface area contributed by atoms with Gasteiger partial charge in [-0.1, -0.05) is 11.6 Å². The Balaban J connectivity index is 1.72. The standard InChI is InChI=1S/C13H15ClN2O3/c14-9-4-11-12(19-7-13(17)16-11)5-10(9)15-6-8-2-1-3-18-8/h4-5,8,15H,1-3,6-7H2,(H,16,17). The summed E-state index contributed by atoms with van der Waals surface area (Å²) in [5.41, 5.74) is 1.41. The highest BCUT2D eigenvalue weighted by molar-refractivity contribution is 6.33. The lowest BCUT2D eigenvalue weighted by molar-refractivity contribution is -0.118. The summed E-state index contributed by atoms with van der Waals surface area (Å²) in [6, 6.07) is 3.51. The molecule has 2 heterocycles. The van der Waals surface area contributed by atoms with Crippen molar-refractivity contribution in [3.05, 3.63) is 17.2 Å². The number of hydrogen-bond acceptors (Lipinski definition) is 4. The van der Waals surface area contributed by atoms with Gasteiger partial charge in [0.2, 0.25) is 0 Å². The molecule has 1 fully saturated rings. The predicted molar refractivity (Wildman–Crippen MR) is 73.0 cm³/mol. The Morgan fingerprint density at radius 2 is 2.37 bits per heavy atom. The van der Waals surface area contributed by atoms with E-state index < -0.39 is 0 Å². The summed E-state index contributed by atoms with van der Waals surface area (Å²) < 4.78 is 10.9. The highest BCUT2D eigenvalue weighted by atomic mass is 35.5. The molecule has 102 valence electrons. The topological polar surface area (TPSA) is 59.6 Å². The van der Waals surface area contributed by atoms with E-state index in [1.54, 1.807) is 6.07 Å². The van der Waals surface area contributed by atoms with Crippen LogP contribution in [0, 0.1) is 0 Å². The molecule has 2 N–H and O–H groups in total. The van der Waals surface area contributed by atoms with E-state index >= 15 is 0 Å².